The largest absolute Gasteiger partial charge is 0.301 e. The first-order valence-corrected chi connectivity index (χ1v) is 8.62. The van der Waals surface area contributed by atoms with Crippen LogP contribution in [-0.4, -0.2) is 72.2 Å². The van der Waals surface area contributed by atoms with E-state index in [9.17, 15) is 0 Å². The molecule has 2 aliphatic heterocycles. The molecular formula is C14H29N3S. The molecule has 0 aromatic carbocycles. The lowest BCUT2D eigenvalue weighted by Crippen LogP contribution is -2.53. The van der Waals surface area contributed by atoms with E-state index in [1.54, 1.807) is 0 Å². The third kappa shape index (κ3) is 4.12. The average molecular weight is 271 g/mol. The summed E-state index contributed by atoms with van der Waals surface area (Å²) in [6, 6.07) is 0.856. The summed E-state index contributed by atoms with van der Waals surface area (Å²) in [4.78, 5) is 5.38. The van der Waals surface area contributed by atoms with Crippen molar-refractivity contribution in [3.8, 4) is 0 Å². The van der Waals surface area contributed by atoms with Crippen LogP contribution < -0.4 is 0 Å². The van der Waals surface area contributed by atoms with E-state index in [-0.39, 0.29) is 0 Å². The number of piperazine rings is 1. The molecule has 0 aliphatic carbocycles. The highest BCUT2D eigenvalue weighted by atomic mass is 32.2. The maximum Gasteiger partial charge on any atom is 0.0121 e. The summed E-state index contributed by atoms with van der Waals surface area (Å²) < 4.78 is 2.51. The molecule has 2 rings (SSSR count). The van der Waals surface area contributed by atoms with Crippen LogP contribution in [0.3, 0.4) is 0 Å². The van der Waals surface area contributed by atoms with E-state index in [0.29, 0.717) is 0 Å². The van der Waals surface area contributed by atoms with Gasteiger partial charge in [0.2, 0.25) is 0 Å². The molecule has 0 aromatic rings. The molecular weight excluding hydrogens is 242 g/mol. The maximum absolute atomic E-state index is 2.74. The highest BCUT2D eigenvalue weighted by Crippen LogP contribution is 2.21. The molecule has 0 N–H and O–H groups in total. The van der Waals surface area contributed by atoms with E-state index in [1.165, 1.54) is 58.7 Å². The second-order valence-electron chi connectivity index (χ2n) is 6.07. The SMILES string of the molecule is CSN1CCC(N2CCN(CC(C)C)CC2)CC1. The van der Waals surface area contributed by atoms with E-state index < -0.39 is 0 Å². The van der Waals surface area contributed by atoms with Gasteiger partial charge >= 0.3 is 0 Å². The van der Waals surface area contributed by atoms with Crippen molar-refractivity contribution in [3.63, 3.8) is 0 Å². The fourth-order valence-corrected chi connectivity index (χ4v) is 3.79. The van der Waals surface area contributed by atoms with Crippen LogP contribution in [0.5, 0.6) is 0 Å². The molecule has 0 saturated carbocycles. The Balaban J connectivity index is 1.70. The van der Waals surface area contributed by atoms with Crippen molar-refractivity contribution < 1.29 is 0 Å². The average Bonchev–Trinajstić information content (AvgIpc) is 2.39. The summed E-state index contributed by atoms with van der Waals surface area (Å²) >= 11 is 1.91. The molecule has 0 bridgehead atoms. The van der Waals surface area contributed by atoms with Crippen LogP contribution >= 0.6 is 11.9 Å². The highest BCUT2D eigenvalue weighted by Gasteiger charge is 2.27. The second-order valence-corrected chi connectivity index (χ2v) is 6.95. The Morgan fingerprint density at radius 2 is 1.61 bits per heavy atom. The lowest BCUT2D eigenvalue weighted by molar-refractivity contribution is 0.0689. The molecule has 0 radical (unpaired) electrons. The zero-order valence-corrected chi connectivity index (χ0v) is 13.1. The van der Waals surface area contributed by atoms with Crippen LogP contribution in [0.4, 0.5) is 0 Å². The van der Waals surface area contributed by atoms with Crippen molar-refractivity contribution in [2.24, 2.45) is 5.92 Å². The smallest absolute Gasteiger partial charge is 0.0121 e. The lowest BCUT2D eigenvalue weighted by Gasteiger charge is -2.42. The molecule has 0 unspecified atom stereocenters. The normalized spacial score (nSPS) is 26.0. The van der Waals surface area contributed by atoms with Crippen LogP contribution in [0.25, 0.3) is 0 Å². The van der Waals surface area contributed by atoms with Crippen molar-refractivity contribution >= 4 is 11.9 Å². The van der Waals surface area contributed by atoms with Crippen molar-refractivity contribution in [2.75, 3.05) is 52.1 Å². The minimum absolute atomic E-state index is 0.807. The number of hydrogen-bond donors (Lipinski definition) is 0. The van der Waals surface area contributed by atoms with Crippen LogP contribution in [0.2, 0.25) is 0 Å². The van der Waals surface area contributed by atoms with Crippen molar-refractivity contribution in [1.82, 2.24) is 14.1 Å². The van der Waals surface area contributed by atoms with E-state index in [4.69, 9.17) is 0 Å². The summed E-state index contributed by atoms with van der Waals surface area (Å²) in [7, 11) is 0. The summed E-state index contributed by atoms with van der Waals surface area (Å²) in [6.45, 7) is 13.6. The zero-order valence-electron chi connectivity index (χ0n) is 12.3. The monoisotopic (exact) mass is 271 g/mol. The molecule has 106 valence electrons. The number of hydrogen-bond acceptors (Lipinski definition) is 4. The van der Waals surface area contributed by atoms with Gasteiger partial charge in [-0.25, -0.2) is 0 Å². The Bertz CT molecular complexity index is 231. The number of rotatable bonds is 4. The Morgan fingerprint density at radius 3 is 2.11 bits per heavy atom. The Morgan fingerprint density at radius 1 is 1.00 bits per heavy atom. The minimum atomic E-state index is 0.807. The molecule has 0 aromatic heterocycles. The topological polar surface area (TPSA) is 9.72 Å². The molecule has 3 nitrogen and oxygen atoms in total. The Hall–Kier alpha value is 0.230. The predicted octanol–water partition coefficient (Wildman–Crippen LogP) is 2.00. The second kappa shape index (κ2) is 7.13. The zero-order chi connectivity index (χ0) is 13.0. The highest BCUT2D eigenvalue weighted by molar-refractivity contribution is 7.96. The fourth-order valence-electron chi connectivity index (χ4n) is 3.22. The molecule has 0 amide bonds. The van der Waals surface area contributed by atoms with Crippen molar-refractivity contribution in [1.29, 1.82) is 0 Å². The molecule has 0 spiro atoms. The molecule has 4 heteroatoms. The minimum Gasteiger partial charge on any atom is -0.301 e. The van der Waals surface area contributed by atoms with Crippen molar-refractivity contribution in [3.05, 3.63) is 0 Å². The van der Waals surface area contributed by atoms with Gasteiger partial charge in [-0.05, 0) is 25.0 Å². The van der Waals surface area contributed by atoms with Gasteiger partial charge in [0, 0.05) is 51.9 Å². The van der Waals surface area contributed by atoms with Gasteiger partial charge in [0.1, 0.15) is 0 Å². The Kier molecular flexibility index (Phi) is 5.80. The summed E-state index contributed by atoms with van der Waals surface area (Å²) in [5.74, 6) is 0.807. The van der Waals surface area contributed by atoms with E-state index in [0.717, 1.165) is 12.0 Å². The summed E-state index contributed by atoms with van der Waals surface area (Å²) in [5, 5.41) is 0. The van der Waals surface area contributed by atoms with Gasteiger partial charge in [-0.2, -0.15) is 0 Å². The molecule has 2 heterocycles. The first kappa shape index (κ1) is 14.6. The number of piperidine rings is 1. The van der Waals surface area contributed by atoms with Gasteiger partial charge in [0.15, 0.2) is 0 Å². The van der Waals surface area contributed by atoms with Crippen LogP contribution in [0.15, 0.2) is 0 Å². The molecule has 18 heavy (non-hydrogen) atoms. The Labute approximate surface area is 117 Å². The predicted molar refractivity (Wildman–Crippen MR) is 81.0 cm³/mol. The van der Waals surface area contributed by atoms with Gasteiger partial charge in [0.05, 0.1) is 0 Å². The molecule has 2 saturated heterocycles. The fraction of sp³-hybridized carbons (Fsp3) is 1.00. The van der Waals surface area contributed by atoms with Crippen molar-refractivity contribution in [2.45, 2.75) is 32.7 Å². The molecule has 2 aliphatic rings. The quantitative estimate of drug-likeness (QED) is 0.723. The number of nitrogens with zero attached hydrogens (tertiary/aromatic N) is 3. The van der Waals surface area contributed by atoms with E-state index in [1.807, 2.05) is 11.9 Å². The first-order valence-electron chi connectivity index (χ1n) is 7.44. The maximum atomic E-state index is 2.74. The van der Waals surface area contributed by atoms with Crippen LogP contribution in [-0.2, 0) is 0 Å². The third-order valence-corrected chi connectivity index (χ3v) is 5.11. The third-order valence-electron chi connectivity index (χ3n) is 4.23. The standard InChI is InChI=1S/C14H29N3S/c1-13(2)12-15-8-10-16(11-9-15)14-4-6-17(18-3)7-5-14/h13-14H,4-12H2,1-3H3. The van der Waals surface area contributed by atoms with Gasteiger partial charge in [-0.1, -0.05) is 25.8 Å². The first-order chi connectivity index (χ1) is 8.69. The van der Waals surface area contributed by atoms with Gasteiger partial charge in [-0.3, -0.25) is 9.21 Å². The molecule has 2 fully saturated rings. The summed E-state index contributed by atoms with van der Waals surface area (Å²) in [5.41, 5.74) is 0. The van der Waals surface area contributed by atoms with Crippen LogP contribution in [0.1, 0.15) is 26.7 Å². The summed E-state index contributed by atoms with van der Waals surface area (Å²) in [6.07, 6.45) is 4.93. The van der Waals surface area contributed by atoms with Gasteiger partial charge in [0.25, 0.3) is 0 Å². The lowest BCUT2D eigenvalue weighted by atomic mass is 10.0. The van der Waals surface area contributed by atoms with E-state index in [2.05, 4.69) is 34.2 Å². The van der Waals surface area contributed by atoms with Crippen LogP contribution in [0, 0.1) is 5.92 Å². The van der Waals surface area contributed by atoms with E-state index >= 15 is 0 Å². The van der Waals surface area contributed by atoms with Gasteiger partial charge in [-0.15, -0.1) is 0 Å². The van der Waals surface area contributed by atoms with Gasteiger partial charge < -0.3 is 4.90 Å². The molecule has 0 atom stereocenters.